The van der Waals surface area contributed by atoms with Crippen LogP contribution in [-0.2, 0) is 24.4 Å². The number of aromatic nitrogens is 4. The molecule has 1 aliphatic rings. The van der Waals surface area contributed by atoms with Gasteiger partial charge in [-0.3, -0.25) is 14.2 Å². The van der Waals surface area contributed by atoms with Crippen molar-refractivity contribution >= 4 is 17.1 Å². The number of hydrogen-bond acceptors (Lipinski definition) is 4. The van der Waals surface area contributed by atoms with E-state index in [4.69, 9.17) is 0 Å². The smallest absolute Gasteiger partial charge is 0.333 e. The molecule has 1 fully saturated rings. The minimum atomic E-state index is -0.522. The molecule has 0 atom stereocenters. The fraction of sp³-hybridized carbons (Fsp3) is 0.357. The topological polar surface area (TPSA) is 82.1 Å². The van der Waals surface area contributed by atoms with Crippen LogP contribution in [0.5, 0.6) is 0 Å². The second kappa shape index (κ2) is 10.4. The molecule has 0 unspecified atom stereocenters. The van der Waals surface area contributed by atoms with Gasteiger partial charge < -0.3 is 9.47 Å². The molecule has 1 amide bonds. The van der Waals surface area contributed by atoms with Crippen molar-refractivity contribution in [3.8, 4) is 0 Å². The first kappa shape index (κ1) is 23.8. The van der Waals surface area contributed by atoms with Gasteiger partial charge in [0, 0.05) is 19.6 Å². The third kappa shape index (κ3) is 4.76. The Morgan fingerprint density at radius 1 is 0.889 bits per heavy atom. The predicted octanol–water partition coefficient (Wildman–Crippen LogP) is 3.25. The molecular formula is C28H31N5O3. The maximum Gasteiger partial charge on any atom is 0.333 e. The van der Waals surface area contributed by atoms with E-state index < -0.39 is 11.2 Å². The zero-order chi connectivity index (χ0) is 25.1. The largest absolute Gasteiger partial charge is 0.341 e. The molecule has 186 valence electrons. The number of rotatable bonds is 7. The van der Waals surface area contributed by atoms with Crippen LogP contribution in [0.4, 0.5) is 0 Å². The quantitative estimate of drug-likeness (QED) is 0.402. The molecule has 36 heavy (non-hydrogen) atoms. The zero-order valence-electron chi connectivity index (χ0n) is 20.5. The Kier molecular flexibility index (Phi) is 6.84. The minimum absolute atomic E-state index is 0.154. The molecule has 0 radical (unpaired) electrons. The summed E-state index contributed by atoms with van der Waals surface area (Å²) in [6, 6.07) is 19.5. The average Bonchev–Trinajstić information content (AvgIpc) is 3.33. The molecule has 0 saturated heterocycles. The molecule has 8 nitrogen and oxygen atoms in total. The number of nitrogens with zero attached hydrogens (tertiary/aromatic N) is 5. The van der Waals surface area contributed by atoms with E-state index in [0.717, 1.165) is 41.4 Å². The summed E-state index contributed by atoms with van der Waals surface area (Å²) in [4.78, 5) is 46.7. The molecule has 0 N–H and O–H groups in total. The molecule has 4 aromatic rings. The van der Waals surface area contributed by atoms with Crippen molar-refractivity contribution in [1.82, 2.24) is 23.6 Å². The van der Waals surface area contributed by atoms with Crippen molar-refractivity contribution in [2.75, 3.05) is 7.05 Å². The number of hydrogen-bond donors (Lipinski definition) is 0. The van der Waals surface area contributed by atoms with Crippen molar-refractivity contribution in [2.45, 2.75) is 57.8 Å². The van der Waals surface area contributed by atoms with Gasteiger partial charge in [0.2, 0.25) is 5.91 Å². The third-order valence-corrected chi connectivity index (χ3v) is 7.17. The highest BCUT2D eigenvalue weighted by Crippen LogP contribution is 2.21. The summed E-state index contributed by atoms with van der Waals surface area (Å²) in [5.74, 6) is -0.221. The molecule has 2 aromatic heterocycles. The van der Waals surface area contributed by atoms with Crippen LogP contribution < -0.4 is 11.2 Å². The number of carbonyl (C=O) groups excluding carboxylic acids is 1. The number of fused-ring (bicyclic) bond motifs is 1. The summed E-state index contributed by atoms with van der Waals surface area (Å²) in [5, 5.41) is 0. The maximum absolute atomic E-state index is 13.7. The Hall–Kier alpha value is -3.94. The van der Waals surface area contributed by atoms with Gasteiger partial charge in [-0.2, -0.15) is 0 Å². The van der Waals surface area contributed by atoms with Crippen LogP contribution >= 0.6 is 0 Å². The average molecular weight is 486 g/mol. The Morgan fingerprint density at radius 2 is 1.50 bits per heavy atom. The monoisotopic (exact) mass is 485 g/mol. The SMILES string of the molecule is CN(C(=O)Cn1c(=O)c2c(ncn2Cc2ccccc2)n(Cc2ccccc2)c1=O)C1CCCCC1. The van der Waals surface area contributed by atoms with Gasteiger partial charge in [0.15, 0.2) is 11.2 Å². The van der Waals surface area contributed by atoms with Gasteiger partial charge in [-0.25, -0.2) is 14.3 Å². The molecular weight excluding hydrogens is 454 g/mol. The van der Waals surface area contributed by atoms with Crippen molar-refractivity contribution < 1.29 is 4.79 Å². The summed E-state index contributed by atoms with van der Waals surface area (Å²) in [6.45, 7) is 0.406. The van der Waals surface area contributed by atoms with Crippen LogP contribution in [0.2, 0.25) is 0 Å². The molecule has 8 heteroatoms. The Bertz CT molecular complexity index is 1460. The third-order valence-electron chi connectivity index (χ3n) is 7.17. The lowest BCUT2D eigenvalue weighted by Gasteiger charge is -2.31. The van der Waals surface area contributed by atoms with E-state index in [1.54, 1.807) is 22.8 Å². The Morgan fingerprint density at radius 3 is 2.14 bits per heavy atom. The van der Waals surface area contributed by atoms with Gasteiger partial charge in [-0.05, 0) is 24.0 Å². The van der Waals surface area contributed by atoms with Crippen LogP contribution in [0, 0.1) is 0 Å². The van der Waals surface area contributed by atoms with E-state index >= 15 is 0 Å². The van der Waals surface area contributed by atoms with Crippen molar-refractivity contribution in [3.63, 3.8) is 0 Å². The zero-order valence-corrected chi connectivity index (χ0v) is 20.5. The van der Waals surface area contributed by atoms with Crippen molar-refractivity contribution in [1.29, 1.82) is 0 Å². The van der Waals surface area contributed by atoms with Crippen LogP contribution in [0.15, 0.2) is 76.6 Å². The molecule has 5 rings (SSSR count). The lowest BCUT2D eigenvalue weighted by atomic mass is 9.94. The number of amides is 1. The van der Waals surface area contributed by atoms with Crippen LogP contribution in [0.1, 0.15) is 43.2 Å². The summed E-state index contributed by atoms with van der Waals surface area (Å²) < 4.78 is 4.34. The number of likely N-dealkylation sites (N-methyl/N-ethyl adjacent to an activating group) is 1. The van der Waals surface area contributed by atoms with Gasteiger partial charge >= 0.3 is 5.69 Å². The van der Waals surface area contributed by atoms with Crippen LogP contribution in [0.3, 0.4) is 0 Å². The fourth-order valence-electron chi connectivity index (χ4n) is 5.11. The Labute approximate surface area is 209 Å². The highest BCUT2D eigenvalue weighted by atomic mass is 16.2. The summed E-state index contributed by atoms with van der Waals surface area (Å²) in [5.41, 5.74) is 1.56. The van der Waals surface area contributed by atoms with Crippen molar-refractivity contribution in [3.05, 3.63) is 99.0 Å². The second-order valence-corrected chi connectivity index (χ2v) is 9.57. The van der Waals surface area contributed by atoms with Crippen LogP contribution in [0.25, 0.3) is 11.2 Å². The van der Waals surface area contributed by atoms with E-state index in [-0.39, 0.29) is 25.0 Å². The van der Waals surface area contributed by atoms with Gasteiger partial charge in [-0.1, -0.05) is 79.9 Å². The lowest BCUT2D eigenvalue weighted by Crippen LogP contribution is -2.47. The molecule has 1 saturated carbocycles. The standard InChI is InChI=1S/C28H31N5O3/c1-30(23-15-9-4-10-16-23)24(34)19-33-27(35)25-26(29-20-31(25)17-21-11-5-2-6-12-21)32(28(33)36)18-22-13-7-3-8-14-22/h2-3,5-8,11-14,20,23H,4,9-10,15-19H2,1H3. The van der Waals surface area contributed by atoms with E-state index in [0.29, 0.717) is 17.7 Å². The number of imidazole rings is 1. The van der Waals surface area contributed by atoms with E-state index in [2.05, 4.69) is 4.98 Å². The number of carbonyl (C=O) groups is 1. The Balaban J connectivity index is 1.58. The first-order valence-electron chi connectivity index (χ1n) is 12.5. The molecule has 0 spiro atoms. The van der Waals surface area contributed by atoms with Gasteiger partial charge in [0.05, 0.1) is 12.9 Å². The summed E-state index contributed by atoms with van der Waals surface area (Å²) in [7, 11) is 1.78. The molecule has 0 bridgehead atoms. The molecule has 2 heterocycles. The van der Waals surface area contributed by atoms with E-state index in [1.807, 2.05) is 60.7 Å². The minimum Gasteiger partial charge on any atom is -0.341 e. The van der Waals surface area contributed by atoms with Gasteiger partial charge in [0.1, 0.15) is 6.54 Å². The normalized spacial score (nSPS) is 14.2. The molecule has 2 aromatic carbocycles. The van der Waals surface area contributed by atoms with E-state index in [1.165, 1.54) is 11.0 Å². The van der Waals surface area contributed by atoms with Gasteiger partial charge in [-0.15, -0.1) is 0 Å². The number of benzene rings is 2. The summed E-state index contributed by atoms with van der Waals surface area (Å²) >= 11 is 0. The maximum atomic E-state index is 13.7. The highest BCUT2D eigenvalue weighted by molar-refractivity contribution is 5.77. The van der Waals surface area contributed by atoms with Crippen molar-refractivity contribution in [2.24, 2.45) is 0 Å². The lowest BCUT2D eigenvalue weighted by molar-refractivity contribution is -0.133. The molecule has 1 aliphatic carbocycles. The molecule has 0 aliphatic heterocycles. The predicted molar refractivity (Wildman–Crippen MR) is 139 cm³/mol. The highest BCUT2D eigenvalue weighted by Gasteiger charge is 2.25. The fourth-order valence-corrected chi connectivity index (χ4v) is 5.11. The van der Waals surface area contributed by atoms with Gasteiger partial charge in [0.25, 0.3) is 5.56 Å². The first-order chi connectivity index (χ1) is 17.5. The first-order valence-corrected chi connectivity index (χ1v) is 12.5. The van der Waals surface area contributed by atoms with E-state index in [9.17, 15) is 14.4 Å². The van der Waals surface area contributed by atoms with Crippen LogP contribution in [-0.4, -0.2) is 42.6 Å². The second-order valence-electron chi connectivity index (χ2n) is 9.57. The summed E-state index contributed by atoms with van der Waals surface area (Å²) in [6.07, 6.45) is 6.88.